The van der Waals surface area contributed by atoms with E-state index in [0.29, 0.717) is 25.1 Å². The largest absolute Gasteiger partial charge is 0.494 e. The summed E-state index contributed by atoms with van der Waals surface area (Å²) in [6, 6.07) is 11.3. The van der Waals surface area contributed by atoms with Crippen LogP contribution in [0.5, 0.6) is 5.75 Å². The van der Waals surface area contributed by atoms with Gasteiger partial charge in [-0.1, -0.05) is 19.4 Å². The molecule has 1 N–H and O–H groups in total. The minimum absolute atomic E-state index is 0.0659. The molecule has 192 valence electrons. The second-order valence-electron chi connectivity index (χ2n) is 9.61. The van der Waals surface area contributed by atoms with E-state index in [2.05, 4.69) is 24.0 Å². The second-order valence-corrected chi connectivity index (χ2v) is 11.9. The Bertz CT molecular complexity index is 1140. The van der Waals surface area contributed by atoms with Crippen molar-refractivity contribution in [3.05, 3.63) is 58.9 Å². The van der Waals surface area contributed by atoms with Gasteiger partial charge in [-0.3, -0.25) is 0 Å². The second kappa shape index (κ2) is 12.0. The van der Waals surface area contributed by atoms with Gasteiger partial charge in [0.15, 0.2) is 0 Å². The highest BCUT2D eigenvalue weighted by Crippen LogP contribution is 2.29. The zero-order chi connectivity index (χ0) is 25.6. The number of hydrogen-bond acceptors (Lipinski definition) is 6. The molecule has 0 radical (unpaired) electrons. The molecular formula is C27H38FN3O3S. The average Bonchev–Trinajstić information content (AvgIpc) is 2.81. The molecular weight excluding hydrogens is 465 g/mol. The summed E-state index contributed by atoms with van der Waals surface area (Å²) >= 11 is 0. The lowest BCUT2D eigenvalue weighted by Crippen LogP contribution is -2.35. The number of ether oxygens (including phenoxy) is 1. The minimum atomic E-state index is -3.05. The van der Waals surface area contributed by atoms with Crippen LogP contribution in [0.25, 0.3) is 0 Å². The van der Waals surface area contributed by atoms with Gasteiger partial charge in [0.25, 0.3) is 0 Å². The lowest BCUT2D eigenvalue weighted by atomic mass is 9.98. The molecule has 0 aliphatic carbocycles. The van der Waals surface area contributed by atoms with Crippen LogP contribution in [0.1, 0.15) is 49.8 Å². The first-order valence-corrected chi connectivity index (χ1v) is 14.4. The highest BCUT2D eigenvalue weighted by Gasteiger charge is 2.20. The summed E-state index contributed by atoms with van der Waals surface area (Å²) in [6.45, 7) is 6.70. The van der Waals surface area contributed by atoms with E-state index in [1.54, 1.807) is 6.07 Å². The van der Waals surface area contributed by atoms with E-state index < -0.39 is 15.7 Å². The Morgan fingerprint density at radius 1 is 1.23 bits per heavy atom. The molecule has 1 aliphatic rings. The molecule has 8 heteroatoms. The first-order chi connectivity index (χ1) is 16.6. The number of unbranched alkanes of at least 4 members (excludes halogenated alkanes) is 1. The summed E-state index contributed by atoms with van der Waals surface area (Å²) in [6.07, 6.45) is 4.58. The number of fused-ring (bicyclic) bond motifs is 1. The first kappa shape index (κ1) is 27.1. The lowest BCUT2D eigenvalue weighted by molar-refractivity contribution is 0.278. The fourth-order valence-electron chi connectivity index (χ4n) is 4.21. The van der Waals surface area contributed by atoms with Gasteiger partial charge in [0.1, 0.15) is 21.4 Å². The molecule has 0 saturated heterocycles. The van der Waals surface area contributed by atoms with Crippen LogP contribution >= 0.6 is 0 Å². The Hall–Kier alpha value is -2.45. The smallest absolute Gasteiger partial charge is 0.148 e. The van der Waals surface area contributed by atoms with E-state index in [1.807, 2.05) is 31.0 Å². The highest BCUT2D eigenvalue weighted by atomic mass is 32.2. The minimum Gasteiger partial charge on any atom is -0.494 e. The standard InChI is InChI=1S/C27H38FN3O3S/c1-5-6-14-34-24-9-7-22-19-31(12-11-21(22)17-24)23-8-10-25(26(28)18-23)27(29)16-20(2)30(3)13-15-35(4,32)33/h7-10,17-18,20,29H,5-6,11-16,19H2,1-4H3/t20-/m1/s1. The Morgan fingerprint density at radius 2 is 2.00 bits per heavy atom. The van der Waals surface area contributed by atoms with Gasteiger partial charge in [0.2, 0.25) is 0 Å². The normalized spacial score (nSPS) is 14.6. The van der Waals surface area contributed by atoms with Crippen molar-refractivity contribution in [3.8, 4) is 5.75 Å². The predicted molar refractivity (Wildman–Crippen MR) is 141 cm³/mol. The maximum absolute atomic E-state index is 15.0. The van der Waals surface area contributed by atoms with Crippen LogP contribution in [0, 0.1) is 11.2 Å². The predicted octanol–water partition coefficient (Wildman–Crippen LogP) is 4.69. The van der Waals surface area contributed by atoms with Crippen molar-refractivity contribution >= 4 is 21.2 Å². The Labute approximate surface area is 209 Å². The van der Waals surface area contributed by atoms with Crippen molar-refractivity contribution in [2.24, 2.45) is 0 Å². The van der Waals surface area contributed by atoms with Crippen molar-refractivity contribution in [2.75, 3.05) is 43.7 Å². The third-order valence-electron chi connectivity index (χ3n) is 6.67. The molecule has 6 nitrogen and oxygen atoms in total. The van der Waals surface area contributed by atoms with Crippen LogP contribution in [0.15, 0.2) is 36.4 Å². The molecule has 0 spiro atoms. The fraction of sp³-hybridized carbons (Fsp3) is 0.519. The maximum Gasteiger partial charge on any atom is 0.148 e. The molecule has 0 bridgehead atoms. The topological polar surface area (TPSA) is 73.7 Å². The Balaban J connectivity index is 1.61. The van der Waals surface area contributed by atoms with Crippen LogP contribution in [-0.4, -0.2) is 63.8 Å². The van der Waals surface area contributed by atoms with Gasteiger partial charge in [0, 0.05) is 55.3 Å². The van der Waals surface area contributed by atoms with Crippen molar-refractivity contribution in [1.82, 2.24) is 4.90 Å². The molecule has 35 heavy (non-hydrogen) atoms. The molecule has 0 aromatic heterocycles. The quantitative estimate of drug-likeness (QED) is 0.336. The third-order valence-corrected chi connectivity index (χ3v) is 7.59. The van der Waals surface area contributed by atoms with E-state index in [-0.39, 0.29) is 17.5 Å². The van der Waals surface area contributed by atoms with Crippen LogP contribution in [0.2, 0.25) is 0 Å². The van der Waals surface area contributed by atoms with E-state index in [4.69, 9.17) is 10.1 Å². The van der Waals surface area contributed by atoms with Crippen molar-refractivity contribution in [3.63, 3.8) is 0 Å². The molecule has 0 fully saturated rings. The van der Waals surface area contributed by atoms with Gasteiger partial charge in [-0.2, -0.15) is 0 Å². The Morgan fingerprint density at radius 3 is 2.69 bits per heavy atom. The van der Waals surface area contributed by atoms with E-state index >= 15 is 4.39 Å². The summed E-state index contributed by atoms with van der Waals surface area (Å²) in [5, 5.41) is 8.43. The van der Waals surface area contributed by atoms with Crippen LogP contribution in [-0.2, 0) is 22.8 Å². The molecule has 3 rings (SSSR count). The zero-order valence-electron chi connectivity index (χ0n) is 21.3. The molecule has 0 amide bonds. The number of rotatable bonds is 12. The first-order valence-electron chi connectivity index (χ1n) is 12.3. The van der Waals surface area contributed by atoms with Gasteiger partial charge < -0.3 is 19.9 Å². The van der Waals surface area contributed by atoms with Gasteiger partial charge >= 0.3 is 0 Å². The van der Waals surface area contributed by atoms with Crippen LogP contribution in [0.4, 0.5) is 10.1 Å². The molecule has 1 aliphatic heterocycles. The summed E-state index contributed by atoms with van der Waals surface area (Å²) in [5.74, 6) is 0.579. The summed E-state index contributed by atoms with van der Waals surface area (Å²) in [7, 11) is -1.22. The number of halogens is 1. The van der Waals surface area contributed by atoms with Crippen molar-refractivity contribution in [2.45, 2.75) is 52.1 Å². The Kier molecular flexibility index (Phi) is 9.30. The van der Waals surface area contributed by atoms with Crippen LogP contribution in [0.3, 0.4) is 0 Å². The number of hydrogen-bond donors (Lipinski definition) is 1. The number of nitrogens with zero attached hydrogens (tertiary/aromatic N) is 2. The maximum atomic E-state index is 15.0. The number of anilines is 1. The summed E-state index contributed by atoms with van der Waals surface area (Å²) < 4.78 is 43.7. The third kappa shape index (κ3) is 7.77. The van der Waals surface area contributed by atoms with E-state index in [9.17, 15) is 8.42 Å². The number of nitrogens with one attached hydrogen (secondary N) is 1. The molecule has 2 aromatic carbocycles. The molecule has 2 aromatic rings. The monoisotopic (exact) mass is 503 g/mol. The summed E-state index contributed by atoms with van der Waals surface area (Å²) in [5.41, 5.74) is 3.83. The molecule has 1 atom stereocenters. The molecule has 1 heterocycles. The van der Waals surface area contributed by atoms with Gasteiger partial charge in [-0.05, 0) is 68.3 Å². The average molecular weight is 504 g/mol. The SMILES string of the molecule is CCCCOc1ccc2c(c1)CCN(c1ccc(C(=N)C[C@@H](C)N(C)CCS(C)(=O)=O)c(F)c1)C2. The van der Waals surface area contributed by atoms with Gasteiger partial charge in [-0.15, -0.1) is 0 Å². The van der Waals surface area contributed by atoms with E-state index in [1.165, 1.54) is 23.4 Å². The number of benzene rings is 2. The van der Waals surface area contributed by atoms with Crippen molar-refractivity contribution in [1.29, 1.82) is 5.41 Å². The van der Waals surface area contributed by atoms with E-state index in [0.717, 1.165) is 43.9 Å². The fourth-order valence-corrected chi connectivity index (χ4v) is 4.83. The van der Waals surface area contributed by atoms with Crippen LogP contribution < -0.4 is 9.64 Å². The number of sulfone groups is 1. The van der Waals surface area contributed by atoms with Gasteiger partial charge in [0.05, 0.1) is 12.4 Å². The molecule has 0 saturated carbocycles. The lowest BCUT2D eigenvalue weighted by Gasteiger charge is -2.31. The molecule has 0 unspecified atom stereocenters. The highest BCUT2D eigenvalue weighted by molar-refractivity contribution is 7.90. The summed E-state index contributed by atoms with van der Waals surface area (Å²) in [4.78, 5) is 4.06. The van der Waals surface area contributed by atoms with Crippen molar-refractivity contribution < 1.29 is 17.5 Å². The zero-order valence-corrected chi connectivity index (χ0v) is 22.1. The van der Waals surface area contributed by atoms with Gasteiger partial charge in [-0.25, -0.2) is 12.8 Å².